The average molecular weight is 492 g/mol. The molecule has 5 rings (SSSR count). The number of thiophene rings is 1. The fourth-order valence-corrected chi connectivity index (χ4v) is 6.30. The van der Waals surface area contributed by atoms with Gasteiger partial charge < -0.3 is 15.0 Å². The monoisotopic (exact) mass is 491 g/mol. The third kappa shape index (κ3) is 4.29. The Morgan fingerprint density at radius 2 is 2.06 bits per heavy atom. The van der Waals surface area contributed by atoms with Gasteiger partial charge in [-0.1, -0.05) is 12.8 Å². The molecule has 7 nitrogen and oxygen atoms in total. The van der Waals surface area contributed by atoms with Crippen molar-refractivity contribution < 1.29 is 23.5 Å². The zero-order chi connectivity index (χ0) is 23.1. The molecule has 2 saturated heterocycles. The van der Waals surface area contributed by atoms with Gasteiger partial charge in [-0.15, -0.1) is 22.9 Å². The lowest BCUT2D eigenvalue weighted by Crippen LogP contribution is -2.54. The number of ketones is 1. The number of fused-ring (bicyclic) bond motifs is 1. The molecule has 2 unspecified atom stereocenters. The van der Waals surface area contributed by atoms with Gasteiger partial charge in [0.2, 0.25) is 5.91 Å². The van der Waals surface area contributed by atoms with Gasteiger partial charge in [-0.05, 0) is 37.0 Å². The van der Waals surface area contributed by atoms with Crippen LogP contribution in [-0.4, -0.2) is 64.2 Å². The molecule has 4 atom stereocenters. The zero-order valence-corrected chi connectivity index (χ0v) is 19.3. The van der Waals surface area contributed by atoms with Crippen LogP contribution in [0.15, 0.2) is 30.6 Å². The van der Waals surface area contributed by atoms with Crippen molar-refractivity contribution in [2.75, 3.05) is 13.2 Å². The number of carbonyl (C=O) groups is 3. The molecular formula is C23H23ClFN3O4S. The molecule has 1 N–H and O–H groups in total. The van der Waals surface area contributed by atoms with Crippen molar-refractivity contribution in [2.24, 2.45) is 5.92 Å². The molecule has 2 aromatic rings. The van der Waals surface area contributed by atoms with Crippen molar-refractivity contribution in [1.29, 1.82) is 0 Å². The molecule has 2 aromatic heterocycles. The van der Waals surface area contributed by atoms with Crippen molar-refractivity contribution in [3.8, 4) is 10.4 Å². The van der Waals surface area contributed by atoms with Crippen LogP contribution in [0.2, 0.25) is 0 Å². The summed E-state index contributed by atoms with van der Waals surface area (Å²) in [5.74, 6) is -1.25. The maximum absolute atomic E-state index is 13.6. The fraction of sp³-hybridized carbons (Fsp3) is 0.478. The number of likely N-dealkylation sites (tertiary alicyclic amines) is 1. The summed E-state index contributed by atoms with van der Waals surface area (Å²) in [6, 6.07) is 3.33. The highest BCUT2D eigenvalue weighted by Gasteiger charge is 2.53. The van der Waals surface area contributed by atoms with Gasteiger partial charge in [0.1, 0.15) is 30.6 Å². The van der Waals surface area contributed by atoms with Crippen LogP contribution < -0.4 is 5.32 Å². The SMILES string of the molecule is O=C(N[C@H](C(=O)N1C[C@H](Cl)C2OCC(=O)C21)C1CCCC1)c1ccc(-c2cncc(F)c2)s1. The van der Waals surface area contributed by atoms with E-state index in [4.69, 9.17) is 16.3 Å². The highest BCUT2D eigenvalue weighted by Crippen LogP contribution is 2.35. The Labute approximate surface area is 199 Å². The molecule has 0 spiro atoms. The minimum atomic E-state index is -0.739. The van der Waals surface area contributed by atoms with Gasteiger partial charge in [0.05, 0.1) is 16.5 Å². The number of Topliss-reactive ketones (excluding diaryl/α,β-unsaturated/α-hetero) is 1. The number of ether oxygens (including phenoxy) is 1. The number of hydrogen-bond donors (Lipinski definition) is 1. The summed E-state index contributed by atoms with van der Waals surface area (Å²) >= 11 is 7.58. The van der Waals surface area contributed by atoms with Crippen molar-refractivity contribution in [3.05, 3.63) is 41.3 Å². The molecule has 174 valence electrons. The molecule has 10 heteroatoms. The van der Waals surface area contributed by atoms with Crippen LogP contribution in [0.25, 0.3) is 10.4 Å². The molecule has 2 amide bonds. The number of carbonyl (C=O) groups excluding carboxylic acids is 3. The van der Waals surface area contributed by atoms with E-state index in [9.17, 15) is 18.8 Å². The lowest BCUT2D eigenvalue weighted by atomic mass is 9.96. The summed E-state index contributed by atoms with van der Waals surface area (Å²) in [6.45, 7) is 0.173. The Morgan fingerprint density at radius 1 is 1.27 bits per heavy atom. The van der Waals surface area contributed by atoms with Crippen molar-refractivity contribution in [1.82, 2.24) is 15.2 Å². The number of rotatable bonds is 5. The molecule has 1 saturated carbocycles. The first-order valence-corrected chi connectivity index (χ1v) is 12.3. The van der Waals surface area contributed by atoms with E-state index in [1.54, 1.807) is 12.1 Å². The lowest BCUT2D eigenvalue weighted by Gasteiger charge is -2.30. The fourth-order valence-electron chi connectivity index (χ4n) is 5.05. The standard InChI is InChI=1S/C23H23ClFN3O4S/c24-15-10-28(20-16(29)11-32-21(15)20)23(31)19(12-3-1-2-4-12)27-22(30)18-6-5-17(33-18)13-7-14(25)9-26-8-13/h5-9,12,15,19-21H,1-4,10-11H2,(H,27,30)/t15-,19-,20?,21?/m0/s1. The Morgan fingerprint density at radius 3 is 2.82 bits per heavy atom. The Hall–Kier alpha value is -2.36. The van der Waals surface area contributed by atoms with Gasteiger partial charge in [0, 0.05) is 23.2 Å². The summed E-state index contributed by atoms with van der Waals surface area (Å²) in [7, 11) is 0. The minimum absolute atomic E-state index is 0.00134. The van der Waals surface area contributed by atoms with Crippen LogP contribution in [0.5, 0.6) is 0 Å². The predicted molar refractivity (Wildman–Crippen MR) is 121 cm³/mol. The van der Waals surface area contributed by atoms with Crippen LogP contribution in [-0.2, 0) is 14.3 Å². The summed E-state index contributed by atoms with van der Waals surface area (Å²) in [5, 5.41) is 2.48. The van der Waals surface area contributed by atoms with Crippen LogP contribution in [0, 0.1) is 11.7 Å². The molecule has 33 heavy (non-hydrogen) atoms. The van der Waals surface area contributed by atoms with E-state index in [-0.39, 0.29) is 36.7 Å². The number of nitrogens with zero attached hydrogens (tertiary/aromatic N) is 2. The molecule has 3 fully saturated rings. The maximum atomic E-state index is 13.6. The van der Waals surface area contributed by atoms with Gasteiger partial charge in [-0.2, -0.15) is 0 Å². The molecule has 0 radical (unpaired) electrons. The van der Waals surface area contributed by atoms with E-state index in [1.807, 2.05) is 0 Å². The molecule has 4 heterocycles. The second-order valence-electron chi connectivity index (χ2n) is 8.74. The molecule has 0 aromatic carbocycles. The number of hydrogen-bond acceptors (Lipinski definition) is 6. The van der Waals surface area contributed by atoms with E-state index in [0.717, 1.165) is 31.9 Å². The van der Waals surface area contributed by atoms with E-state index < -0.39 is 29.4 Å². The normalized spacial score (nSPS) is 25.9. The van der Waals surface area contributed by atoms with Gasteiger partial charge in [-0.3, -0.25) is 19.4 Å². The van der Waals surface area contributed by atoms with Gasteiger partial charge >= 0.3 is 0 Å². The Balaban J connectivity index is 1.36. The number of pyridine rings is 1. The summed E-state index contributed by atoms with van der Waals surface area (Å²) < 4.78 is 19.0. The van der Waals surface area contributed by atoms with E-state index >= 15 is 0 Å². The number of nitrogens with one attached hydrogen (secondary N) is 1. The number of alkyl halides is 1. The summed E-state index contributed by atoms with van der Waals surface area (Å²) in [5.41, 5.74) is 0.582. The van der Waals surface area contributed by atoms with Crippen LogP contribution >= 0.6 is 22.9 Å². The predicted octanol–water partition coefficient (Wildman–Crippen LogP) is 3.02. The number of halogens is 2. The Bertz CT molecular complexity index is 1090. The first-order valence-electron chi connectivity index (χ1n) is 11.0. The number of aromatic nitrogens is 1. The lowest BCUT2D eigenvalue weighted by molar-refractivity contribution is -0.139. The quantitative estimate of drug-likeness (QED) is 0.649. The van der Waals surface area contributed by atoms with Crippen LogP contribution in [0.3, 0.4) is 0 Å². The topological polar surface area (TPSA) is 88.6 Å². The van der Waals surface area contributed by atoms with E-state index in [0.29, 0.717) is 15.3 Å². The zero-order valence-electron chi connectivity index (χ0n) is 17.7. The Kier molecular flexibility index (Phi) is 6.20. The molecule has 1 aliphatic carbocycles. The largest absolute Gasteiger partial charge is 0.366 e. The van der Waals surface area contributed by atoms with Crippen molar-refractivity contribution in [2.45, 2.75) is 49.2 Å². The average Bonchev–Trinajstić information content (AvgIpc) is 3.59. The highest BCUT2D eigenvalue weighted by molar-refractivity contribution is 7.17. The third-order valence-electron chi connectivity index (χ3n) is 6.65. The second kappa shape index (κ2) is 9.12. The molecule has 0 bridgehead atoms. The first-order chi connectivity index (χ1) is 15.9. The number of amides is 2. The summed E-state index contributed by atoms with van der Waals surface area (Å²) in [6.07, 6.45) is 5.81. The van der Waals surface area contributed by atoms with Gasteiger partial charge in [0.25, 0.3) is 5.91 Å². The second-order valence-corrected chi connectivity index (χ2v) is 10.4. The van der Waals surface area contributed by atoms with E-state index in [1.165, 1.54) is 28.5 Å². The minimum Gasteiger partial charge on any atom is -0.366 e. The third-order valence-corrected chi connectivity index (χ3v) is 8.17. The molecular weight excluding hydrogens is 469 g/mol. The van der Waals surface area contributed by atoms with Gasteiger partial charge in [0.15, 0.2) is 5.78 Å². The van der Waals surface area contributed by atoms with E-state index in [2.05, 4.69) is 10.3 Å². The highest BCUT2D eigenvalue weighted by atomic mass is 35.5. The molecule has 2 aliphatic heterocycles. The smallest absolute Gasteiger partial charge is 0.262 e. The van der Waals surface area contributed by atoms with Gasteiger partial charge in [-0.25, -0.2) is 4.39 Å². The van der Waals surface area contributed by atoms with Crippen LogP contribution in [0.4, 0.5) is 4.39 Å². The molecule has 3 aliphatic rings. The van der Waals surface area contributed by atoms with Crippen LogP contribution in [0.1, 0.15) is 35.4 Å². The summed E-state index contributed by atoms with van der Waals surface area (Å²) in [4.78, 5) is 45.6. The van der Waals surface area contributed by atoms with Crippen molar-refractivity contribution in [3.63, 3.8) is 0 Å². The first kappa shape index (κ1) is 22.4. The van der Waals surface area contributed by atoms with Crippen molar-refractivity contribution >= 4 is 40.5 Å². The maximum Gasteiger partial charge on any atom is 0.262 e.